The molecule has 1 aromatic heterocycles. The number of hydrogen-bond acceptors (Lipinski definition) is 5. The zero-order valence-electron chi connectivity index (χ0n) is 18.3. The third-order valence-electron chi connectivity index (χ3n) is 5.73. The number of carbonyl (C=O) groups is 1. The van der Waals surface area contributed by atoms with Crippen LogP contribution in [0.1, 0.15) is 38.2 Å². The van der Waals surface area contributed by atoms with E-state index in [0.29, 0.717) is 11.1 Å². The Balaban J connectivity index is 1.25. The summed E-state index contributed by atoms with van der Waals surface area (Å²) in [6, 6.07) is 16.4. The molecule has 164 valence electrons. The molecule has 31 heavy (non-hydrogen) atoms. The van der Waals surface area contributed by atoms with Crippen molar-refractivity contribution >= 4 is 27.5 Å². The maximum atomic E-state index is 11.8. The minimum absolute atomic E-state index is 0.329. The van der Waals surface area contributed by atoms with Crippen molar-refractivity contribution in [2.24, 2.45) is 0 Å². The number of para-hydroxylation sites is 1. The van der Waals surface area contributed by atoms with Gasteiger partial charge < -0.3 is 14.5 Å². The van der Waals surface area contributed by atoms with Gasteiger partial charge in [0.15, 0.2) is 0 Å². The molecule has 0 saturated carbocycles. The van der Waals surface area contributed by atoms with Crippen LogP contribution >= 0.6 is 11.3 Å². The highest BCUT2D eigenvalue weighted by Crippen LogP contribution is 2.31. The van der Waals surface area contributed by atoms with Gasteiger partial charge in [-0.15, -0.1) is 0 Å². The van der Waals surface area contributed by atoms with Gasteiger partial charge in [-0.1, -0.05) is 42.5 Å². The number of aromatic nitrogens is 1. The van der Waals surface area contributed by atoms with Crippen LogP contribution in [-0.4, -0.2) is 53.4 Å². The molecule has 1 fully saturated rings. The largest absolute Gasteiger partial charge is 0.431 e. The van der Waals surface area contributed by atoms with Crippen LogP contribution in [0.4, 0.5) is 0 Å². The molecule has 1 aliphatic rings. The van der Waals surface area contributed by atoms with E-state index in [1.165, 1.54) is 5.56 Å². The topological polar surface area (TPSA) is 45.7 Å². The molecule has 3 aromatic rings. The summed E-state index contributed by atoms with van der Waals surface area (Å²) in [5, 5.41) is 0.680. The molecule has 1 amide bonds. The third-order valence-corrected chi connectivity index (χ3v) is 6.65. The number of amides is 1. The van der Waals surface area contributed by atoms with E-state index < -0.39 is 0 Å². The first-order chi connectivity index (χ1) is 15.2. The molecule has 5 nitrogen and oxygen atoms in total. The number of hydrogen-bond donors (Lipinski definition) is 0. The van der Waals surface area contributed by atoms with Crippen LogP contribution in [0.5, 0.6) is 10.9 Å². The fourth-order valence-electron chi connectivity index (χ4n) is 4.08. The summed E-state index contributed by atoms with van der Waals surface area (Å²) >= 11 is 1.57. The number of likely N-dealkylation sites (tertiary alicyclic amines) is 1. The average molecular weight is 438 g/mol. The summed E-state index contributed by atoms with van der Waals surface area (Å²) in [5.41, 5.74) is 2.29. The summed E-state index contributed by atoms with van der Waals surface area (Å²) in [6.45, 7) is 7.27. The van der Waals surface area contributed by atoms with Gasteiger partial charge in [0.05, 0.1) is 10.2 Å². The van der Waals surface area contributed by atoms with Crippen LogP contribution in [0.25, 0.3) is 10.2 Å². The zero-order chi connectivity index (χ0) is 21.5. The molecule has 2 heterocycles. The van der Waals surface area contributed by atoms with Gasteiger partial charge in [0, 0.05) is 26.1 Å². The van der Waals surface area contributed by atoms with Gasteiger partial charge >= 0.3 is 0 Å². The van der Waals surface area contributed by atoms with Gasteiger partial charge in [0.1, 0.15) is 5.75 Å². The maximum Gasteiger partial charge on any atom is 0.279 e. The van der Waals surface area contributed by atoms with E-state index in [0.717, 1.165) is 80.8 Å². The Labute approximate surface area is 188 Å². The molecule has 0 N–H and O–H groups in total. The van der Waals surface area contributed by atoms with Crippen LogP contribution in [0, 0.1) is 0 Å². The molecule has 0 radical (unpaired) electrons. The van der Waals surface area contributed by atoms with Crippen molar-refractivity contribution in [3.8, 4) is 10.9 Å². The van der Waals surface area contributed by atoms with Gasteiger partial charge in [-0.25, -0.2) is 4.98 Å². The van der Waals surface area contributed by atoms with E-state index in [9.17, 15) is 4.79 Å². The van der Waals surface area contributed by atoms with Crippen LogP contribution < -0.4 is 4.74 Å². The van der Waals surface area contributed by atoms with Crippen molar-refractivity contribution in [2.75, 3.05) is 32.7 Å². The minimum Gasteiger partial charge on any atom is -0.431 e. The van der Waals surface area contributed by atoms with Crippen molar-refractivity contribution in [3.05, 3.63) is 54.1 Å². The number of ether oxygens (including phenoxy) is 1. The Morgan fingerprint density at radius 3 is 2.68 bits per heavy atom. The SMILES string of the molecule is CCCN(CCCN1CCCC1=O)CCc1ccc(Oc2nc3ccccc3s2)cc1. The number of carbonyl (C=O) groups excluding carboxylic acids is 1. The lowest BCUT2D eigenvalue weighted by atomic mass is 10.1. The molecule has 1 saturated heterocycles. The van der Waals surface area contributed by atoms with E-state index in [1.807, 2.05) is 35.2 Å². The molecule has 2 aromatic carbocycles. The smallest absolute Gasteiger partial charge is 0.279 e. The zero-order valence-corrected chi connectivity index (χ0v) is 19.1. The van der Waals surface area contributed by atoms with Crippen molar-refractivity contribution in [3.63, 3.8) is 0 Å². The summed E-state index contributed by atoms with van der Waals surface area (Å²) in [5.74, 6) is 1.15. The quantitative estimate of drug-likeness (QED) is 0.405. The lowest BCUT2D eigenvalue weighted by Gasteiger charge is -2.23. The fourth-order valence-corrected chi connectivity index (χ4v) is 4.92. The predicted molar refractivity (Wildman–Crippen MR) is 127 cm³/mol. The van der Waals surface area contributed by atoms with Gasteiger partial charge in [-0.2, -0.15) is 0 Å². The second-order valence-corrected chi connectivity index (χ2v) is 9.12. The second-order valence-electron chi connectivity index (χ2n) is 8.12. The van der Waals surface area contributed by atoms with E-state index >= 15 is 0 Å². The monoisotopic (exact) mass is 437 g/mol. The summed E-state index contributed by atoms with van der Waals surface area (Å²) in [7, 11) is 0. The van der Waals surface area contributed by atoms with Gasteiger partial charge in [-0.3, -0.25) is 4.79 Å². The number of benzene rings is 2. The highest BCUT2D eigenvalue weighted by molar-refractivity contribution is 7.20. The third kappa shape index (κ3) is 6.05. The number of fused-ring (bicyclic) bond motifs is 1. The van der Waals surface area contributed by atoms with Gasteiger partial charge in [0.2, 0.25) is 5.91 Å². The standard InChI is InChI=1S/C25H31N3O2S/c1-2-15-27(16-6-18-28-17-5-9-24(28)29)19-14-20-10-12-21(13-11-20)30-25-26-22-7-3-4-8-23(22)31-25/h3-4,7-8,10-13H,2,5-6,9,14-19H2,1H3. The van der Waals surface area contributed by atoms with Crippen LogP contribution in [0.15, 0.2) is 48.5 Å². The summed E-state index contributed by atoms with van der Waals surface area (Å²) in [4.78, 5) is 20.9. The molecule has 0 spiro atoms. The molecule has 0 atom stereocenters. The van der Waals surface area contributed by atoms with Crippen molar-refractivity contribution in [1.82, 2.24) is 14.8 Å². The lowest BCUT2D eigenvalue weighted by Crippen LogP contribution is -2.32. The Hall–Kier alpha value is -2.44. The first-order valence-electron chi connectivity index (χ1n) is 11.3. The van der Waals surface area contributed by atoms with Crippen molar-refractivity contribution in [2.45, 2.75) is 39.0 Å². The summed E-state index contributed by atoms with van der Waals surface area (Å²) < 4.78 is 7.10. The maximum absolute atomic E-state index is 11.8. The molecular weight excluding hydrogens is 406 g/mol. The van der Waals surface area contributed by atoms with E-state index in [-0.39, 0.29) is 0 Å². The van der Waals surface area contributed by atoms with E-state index in [4.69, 9.17) is 4.74 Å². The molecule has 4 rings (SSSR count). The molecule has 0 bridgehead atoms. The van der Waals surface area contributed by atoms with Crippen LogP contribution in [-0.2, 0) is 11.2 Å². The molecular formula is C25H31N3O2S. The first kappa shape index (κ1) is 21.8. The lowest BCUT2D eigenvalue weighted by molar-refractivity contribution is -0.127. The number of thiazole rings is 1. The normalized spacial score (nSPS) is 14.1. The van der Waals surface area contributed by atoms with Crippen molar-refractivity contribution in [1.29, 1.82) is 0 Å². The number of rotatable bonds is 11. The van der Waals surface area contributed by atoms with Gasteiger partial charge in [-0.05, 0) is 68.6 Å². The molecule has 1 aliphatic heterocycles. The second kappa shape index (κ2) is 10.7. The average Bonchev–Trinajstić information content (AvgIpc) is 3.38. The first-order valence-corrected chi connectivity index (χ1v) is 12.2. The fraction of sp³-hybridized carbons (Fsp3) is 0.440. The Bertz CT molecular complexity index is 953. The Morgan fingerprint density at radius 1 is 1.10 bits per heavy atom. The molecule has 0 unspecified atom stereocenters. The van der Waals surface area contributed by atoms with Crippen molar-refractivity contribution < 1.29 is 9.53 Å². The van der Waals surface area contributed by atoms with Gasteiger partial charge in [0.25, 0.3) is 5.19 Å². The predicted octanol–water partition coefficient (Wildman–Crippen LogP) is 5.36. The Kier molecular flexibility index (Phi) is 7.54. The van der Waals surface area contributed by atoms with Crippen LogP contribution in [0.2, 0.25) is 0 Å². The summed E-state index contributed by atoms with van der Waals surface area (Å²) in [6.07, 6.45) is 4.98. The minimum atomic E-state index is 0.329. The van der Waals surface area contributed by atoms with E-state index in [2.05, 4.69) is 35.0 Å². The Morgan fingerprint density at radius 2 is 1.94 bits per heavy atom. The number of nitrogens with zero attached hydrogens (tertiary/aromatic N) is 3. The highest BCUT2D eigenvalue weighted by Gasteiger charge is 2.19. The van der Waals surface area contributed by atoms with Crippen LogP contribution in [0.3, 0.4) is 0 Å². The molecule has 0 aliphatic carbocycles. The van der Waals surface area contributed by atoms with E-state index in [1.54, 1.807) is 11.3 Å². The molecule has 6 heteroatoms. The highest BCUT2D eigenvalue weighted by atomic mass is 32.1.